The van der Waals surface area contributed by atoms with Gasteiger partial charge in [-0.1, -0.05) is 0 Å². The summed E-state index contributed by atoms with van der Waals surface area (Å²) in [4.78, 5) is 31.6. The number of alkyl halides is 1. The highest BCUT2D eigenvalue weighted by atomic mass is 35.5. The highest BCUT2D eigenvalue weighted by molar-refractivity contribution is 6.28. The number of carbonyl (C=O) groups excluding carboxylic acids is 2. The summed E-state index contributed by atoms with van der Waals surface area (Å²) in [6.07, 6.45) is 3.84. The quantitative estimate of drug-likeness (QED) is 0.479. The molecule has 0 bridgehead atoms. The lowest BCUT2D eigenvalue weighted by Gasteiger charge is -2.40. The van der Waals surface area contributed by atoms with Gasteiger partial charge in [0.1, 0.15) is 11.6 Å². The van der Waals surface area contributed by atoms with Gasteiger partial charge in [-0.3, -0.25) is 15.3 Å². The molecule has 0 radical (unpaired) electrons. The molecule has 1 aromatic carbocycles. The van der Waals surface area contributed by atoms with Gasteiger partial charge in [0.2, 0.25) is 5.91 Å². The second-order valence-corrected chi connectivity index (χ2v) is 8.59. The van der Waals surface area contributed by atoms with Crippen LogP contribution >= 0.6 is 11.6 Å². The number of hydroxylamine groups is 1. The van der Waals surface area contributed by atoms with Gasteiger partial charge in [-0.15, -0.1) is 11.6 Å². The number of ether oxygens (including phenoxy) is 1. The van der Waals surface area contributed by atoms with Crippen molar-refractivity contribution in [3.63, 3.8) is 0 Å². The lowest BCUT2D eigenvalue weighted by molar-refractivity contribution is -0.117. The number of halogens is 2. The fraction of sp³-hybridized carbons (Fsp3) is 0.476. The van der Waals surface area contributed by atoms with E-state index in [0.29, 0.717) is 36.1 Å². The highest BCUT2D eigenvalue weighted by Gasteiger charge is 2.37. The molecule has 3 aliphatic rings. The molecule has 0 spiro atoms. The molecule has 12 heteroatoms. The number of likely N-dealkylation sites (tertiary alicyclic amines) is 1. The summed E-state index contributed by atoms with van der Waals surface area (Å²) in [5, 5.41) is 15.8. The van der Waals surface area contributed by atoms with Gasteiger partial charge in [-0.25, -0.2) is 14.2 Å². The Morgan fingerprint density at radius 2 is 2.24 bits per heavy atom. The van der Waals surface area contributed by atoms with Crippen LogP contribution < -0.4 is 15.6 Å². The number of hydrogen-bond donors (Lipinski definition) is 2. The van der Waals surface area contributed by atoms with E-state index in [1.807, 2.05) is 0 Å². The average Bonchev–Trinajstić information content (AvgIpc) is 3.43. The number of rotatable bonds is 6. The molecule has 2 N–H and O–H groups in total. The monoisotopic (exact) mass is 479 g/mol. The zero-order valence-corrected chi connectivity index (χ0v) is 18.8. The van der Waals surface area contributed by atoms with Crippen LogP contribution in [0.4, 0.5) is 20.6 Å². The number of hydrazine groups is 1. The van der Waals surface area contributed by atoms with Gasteiger partial charge >= 0.3 is 6.03 Å². The number of amides is 3. The average molecular weight is 480 g/mol. The minimum atomic E-state index is -0.942. The van der Waals surface area contributed by atoms with Crippen molar-refractivity contribution >= 4 is 41.1 Å². The Bertz CT molecular complexity index is 976. The summed E-state index contributed by atoms with van der Waals surface area (Å²) in [6.45, 7) is 0.719. The maximum absolute atomic E-state index is 14.7. The van der Waals surface area contributed by atoms with Gasteiger partial charge in [0.05, 0.1) is 29.9 Å². The van der Waals surface area contributed by atoms with Crippen LogP contribution in [0.15, 0.2) is 35.1 Å². The standard InChI is InChI=1S/C21H25ClFN6O4/c1-33-15-10-19(28(12-15)21(31)25-18-7-4-13(22)11-24-18)29(32)26-17-6-5-14(9-16(17)23)27-8-2-3-20(27)30/h5-7,9,11,13,15,19,26H,2-4,8,10,12H2,1H3,(H,25,31)/q-1/t13?,15-,19+/m1/s1. The number of hydrogen-bond acceptors (Lipinski definition) is 7. The van der Waals surface area contributed by atoms with Crippen LogP contribution in [0, 0.1) is 11.0 Å². The van der Waals surface area contributed by atoms with Gasteiger partial charge < -0.3 is 25.2 Å². The molecule has 3 heterocycles. The van der Waals surface area contributed by atoms with E-state index in [1.54, 1.807) is 12.1 Å². The second kappa shape index (κ2) is 10.0. The summed E-state index contributed by atoms with van der Waals surface area (Å²) in [6, 6.07) is 3.67. The van der Waals surface area contributed by atoms with Gasteiger partial charge in [0.25, 0.3) is 0 Å². The summed E-state index contributed by atoms with van der Waals surface area (Å²) in [5.41, 5.74) is 2.86. The van der Waals surface area contributed by atoms with E-state index in [2.05, 4.69) is 15.7 Å². The van der Waals surface area contributed by atoms with Gasteiger partial charge in [-0.2, -0.15) is 0 Å². The Balaban J connectivity index is 1.44. The molecule has 3 atom stereocenters. The molecule has 2 saturated heterocycles. The maximum atomic E-state index is 14.7. The molecule has 0 aliphatic carbocycles. The minimum absolute atomic E-state index is 0.0576. The van der Waals surface area contributed by atoms with Crippen molar-refractivity contribution in [3.8, 4) is 0 Å². The number of benzene rings is 1. The first-order valence-electron chi connectivity index (χ1n) is 10.7. The predicted octanol–water partition coefficient (Wildman–Crippen LogP) is 2.76. The molecule has 0 saturated carbocycles. The third kappa shape index (κ3) is 5.27. The van der Waals surface area contributed by atoms with E-state index in [9.17, 15) is 19.2 Å². The fourth-order valence-corrected chi connectivity index (χ4v) is 4.18. The first-order chi connectivity index (χ1) is 15.9. The largest absolute Gasteiger partial charge is 0.766 e. The molecule has 3 amide bonds. The van der Waals surface area contributed by atoms with Crippen molar-refractivity contribution in [1.82, 2.24) is 15.4 Å². The normalized spacial score (nSPS) is 25.1. The van der Waals surface area contributed by atoms with E-state index in [4.69, 9.17) is 16.3 Å². The van der Waals surface area contributed by atoms with E-state index < -0.39 is 18.0 Å². The number of allylic oxidation sites excluding steroid dienone is 1. The van der Waals surface area contributed by atoms with Gasteiger partial charge in [0.15, 0.2) is 0 Å². The summed E-state index contributed by atoms with van der Waals surface area (Å²) in [7, 11) is 1.50. The van der Waals surface area contributed by atoms with Crippen molar-refractivity contribution in [3.05, 3.63) is 41.1 Å². The Kier molecular flexibility index (Phi) is 7.13. The Hall–Kier alpha value is -2.73. The number of nitrogens with one attached hydrogen (secondary N) is 2. The third-order valence-electron chi connectivity index (χ3n) is 5.81. The first-order valence-corrected chi connectivity index (χ1v) is 11.1. The lowest BCUT2D eigenvalue weighted by atomic mass is 10.2. The summed E-state index contributed by atoms with van der Waals surface area (Å²) in [5.74, 6) is -0.388. The Morgan fingerprint density at radius 1 is 1.42 bits per heavy atom. The number of carbonyl (C=O) groups is 2. The number of urea groups is 1. The molecular formula is C21H25ClFN6O4-. The van der Waals surface area contributed by atoms with Crippen LogP contribution in [0.25, 0.3) is 0 Å². The molecule has 0 aromatic heterocycles. The van der Waals surface area contributed by atoms with Crippen LogP contribution in [0.2, 0.25) is 0 Å². The molecule has 1 unspecified atom stereocenters. The molecule has 4 rings (SSSR count). The lowest BCUT2D eigenvalue weighted by Crippen LogP contribution is -2.50. The Morgan fingerprint density at radius 3 is 2.88 bits per heavy atom. The van der Waals surface area contributed by atoms with E-state index in [1.165, 1.54) is 35.3 Å². The van der Waals surface area contributed by atoms with Crippen LogP contribution in [0.1, 0.15) is 25.7 Å². The van der Waals surface area contributed by atoms with Crippen molar-refractivity contribution in [2.75, 3.05) is 30.5 Å². The second-order valence-electron chi connectivity index (χ2n) is 8.03. The zero-order chi connectivity index (χ0) is 23.5. The van der Waals surface area contributed by atoms with Crippen molar-refractivity contribution in [1.29, 1.82) is 0 Å². The first kappa shape index (κ1) is 23.4. The number of aliphatic imine (C=N–C) groups is 1. The number of methoxy groups -OCH3 is 1. The summed E-state index contributed by atoms with van der Waals surface area (Å²) < 4.78 is 20.0. The van der Waals surface area contributed by atoms with Crippen LogP contribution in [0.3, 0.4) is 0 Å². The minimum Gasteiger partial charge on any atom is -0.766 e. The molecule has 2 fully saturated rings. The third-order valence-corrected chi connectivity index (χ3v) is 6.10. The van der Waals surface area contributed by atoms with Crippen molar-refractivity contribution in [2.45, 2.75) is 43.3 Å². The molecule has 3 aliphatic heterocycles. The van der Waals surface area contributed by atoms with Crippen LogP contribution in [0.5, 0.6) is 0 Å². The number of anilines is 2. The van der Waals surface area contributed by atoms with Crippen LogP contribution in [-0.4, -0.2) is 66.1 Å². The smallest absolute Gasteiger partial charge is 0.324 e. The molecule has 1 aromatic rings. The van der Waals surface area contributed by atoms with Crippen molar-refractivity contribution < 1.29 is 18.7 Å². The predicted molar refractivity (Wildman–Crippen MR) is 122 cm³/mol. The van der Waals surface area contributed by atoms with Crippen LogP contribution in [-0.2, 0) is 9.53 Å². The Labute approximate surface area is 195 Å². The van der Waals surface area contributed by atoms with E-state index in [-0.39, 0.29) is 36.0 Å². The maximum Gasteiger partial charge on any atom is 0.324 e. The zero-order valence-electron chi connectivity index (χ0n) is 18.0. The highest BCUT2D eigenvalue weighted by Crippen LogP contribution is 2.28. The molecule has 33 heavy (non-hydrogen) atoms. The molecular weight excluding hydrogens is 455 g/mol. The fourth-order valence-electron chi connectivity index (χ4n) is 4.03. The topological polar surface area (TPSA) is 113 Å². The molecule has 10 nitrogen and oxygen atoms in total. The van der Waals surface area contributed by atoms with Gasteiger partial charge in [-0.05, 0) is 37.1 Å². The molecule has 178 valence electrons. The van der Waals surface area contributed by atoms with Crippen molar-refractivity contribution in [2.24, 2.45) is 4.99 Å². The van der Waals surface area contributed by atoms with E-state index >= 15 is 0 Å². The van der Waals surface area contributed by atoms with E-state index in [0.717, 1.165) is 6.42 Å². The number of nitrogens with zero attached hydrogens (tertiary/aromatic N) is 4. The van der Waals surface area contributed by atoms with Gasteiger partial charge in [0, 0.05) is 38.4 Å². The SMILES string of the molecule is CO[C@@H]1C[C@H](N([O-])Nc2ccc(N3CCCC3=O)cc2F)N(C(=O)NC2=CCC(Cl)C=N2)C1. The summed E-state index contributed by atoms with van der Waals surface area (Å²) >= 11 is 5.95.